The summed E-state index contributed by atoms with van der Waals surface area (Å²) >= 11 is 5.86. The molecule has 4 nitrogen and oxygen atoms in total. The van der Waals surface area contributed by atoms with Crippen LogP contribution in [0.2, 0.25) is 5.02 Å². The molecule has 0 amide bonds. The van der Waals surface area contributed by atoms with Crippen molar-refractivity contribution in [3.8, 4) is 0 Å². The average molecular weight is 307 g/mol. The van der Waals surface area contributed by atoms with Crippen molar-refractivity contribution in [2.75, 3.05) is 19.6 Å². The highest BCUT2D eigenvalue weighted by atomic mass is 35.5. The zero-order valence-electron chi connectivity index (χ0n) is 10.6. The molecule has 106 valence electrons. The van der Waals surface area contributed by atoms with Crippen LogP contribution in [0.15, 0.2) is 23.1 Å². The summed E-state index contributed by atoms with van der Waals surface area (Å²) in [6.45, 7) is 3.62. The molecule has 0 bridgehead atoms. The quantitative estimate of drug-likeness (QED) is 0.903. The maximum Gasteiger partial charge on any atom is 0.244 e. The van der Waals surface area contributed by atoms with Gasteiger partial charge in [0.1, 0.15) is 10.7 Å². The van der Waals surface area contributed by atoms with Crippen LogP contribution < -0.4 is 5.32 Å². The van der Waals surface area contributed by atoms with Gasteiger partial charge in [-0.25, -0.2) is 12.8 Å². The Kier molecular flexibility index (Phi) is 4.45. The summed E-state index contributed by atoms with van der Waals surface area (Å²) in [6, 6.07) is 3.31. The lowest BCUT2D eigenvalue weighted by molar-refractivity contribution is 0.242. The van der Waals surface area contributed by atoms with Gasteiger partial charge in [-0.1, -0.05) is 18.5 Å². The molecule has 0 spiro atoms. The van der Waals surface area contributed by atoms with E-state index in [0.717, 1.165) is 12.1 Å². The second-order valence-corrected chi connectivity index (χ2v) is 6.77. The zero-order chi connectivity index (χ0) is 14.0. The van der Waals surface area contributed by atoms with Crippen LogP contribution in [0.1, 0.15) is 13.3 Å². The number of sulfonamides is 1. The predicted molar refractivity (Wildman–Crippen MR) is 72.3 cm³/mol. The van der Waals surface area contributed by atoms with Gasteiger partial charge in [0.05, 0.1) is 11.1 Å². The van der Waals surface area contributed by atoms with Gasteiger partial charge in [0.15, 0.2) is 0 Å². The third-order valence-electron chi connectivity index (χ3n) is 3.09. The SMILES string of the molecule is CCCN(C1CNC1)S(=O)(=O)c1ccc(F)cc1Cl. The first-order valence-electron chi connectivity index (χ1n) is 6.14. The second kappa shape index (κ2) is 5.75. The number of nitrogens with zero attached hydrogens (tertiary/aromatic N) is 1. The fourth-order valence-corrected chi connectivity index (χ4v) is 4.23. The van der Waals surface area contributed by atoms with Crippen molar-refractivity contribution in [1.82, 2.24) is 9.62 Å². The number of rotatable bonds is 5. The van der Waals surface area contributed by atoms with Crippen molar-refractivity contribution < 1.29 is 12.8 Å². The van der Waals surface area contributed by atoms with Gasteiger partial charge in [0.25, 0.3) is 0 Å². The molecule has 0 aliphatic carbocycles. The summed E-state index contributed by atoms with van der Waals surface area (Å²) in [6.07, 6.45) is 0.717. The van der Waals surface area contributed by atoms with Crippen LogP contribution in [-0.2, 0) is 10.0 Å². The average Bonchev–Trinajstić information content (AvgIpc) is 2.25. The first-order chi connectivity index (χ1) is 8.96. The molecule has 1 aliphatic rings. The third kappa shape index (κ3) is 2.91. The number of nitrogens with one attached hydrogen (secondary N) is 1. The minimum absolute atomic E-state index is 0.0316. The Morgan fingerprint density at radius 1 is 1.47 bits per heavy atom. The molecule has 7 heteroatoms. The minimum atomic E-state index is -3.68. The van der Waals surface area contributed by atoms with Crippen molar-refractivity contribution in [2.45, 2.75) is 24.3 Å². The molecule has 1 heterocycles. The summed E-state index contributed by atoms with van der Waals surface area (Å²) < 4.78 is 39.6. The van der Waals surface area contributed by atoms with E-state index in [1.807, 2.05) is 6.92 Å². The lowest BCUT2D eigenvalue weighted by atomic mass is 10.2. The Morgan fingerprint density at radius 2 is 2.16 bits per heavy atom. The van der Waals surface area contributed by atoms with Crippen LogP contribution in [0.4, 0.5) is 4.39 Å². The third-order valence-corrected chi connectivity index (χ3v) is 5.53. The minimum Gasteiger partial charge on any atom is -0.313 e. The van der Waals surface area contributed by atoms with Gasteiger partial charge < -0.3 is 5.32 Å². The van der Waals surface area contributed by atoms with Gasteiger partial charge in [0, 0.05) is 19.6 Å². The molecule has 0 atom stereocenters. The van der Waals surface area contributed by atoms with E-state index in [0.29, 0.717) is 26.1 Å². The van der Waals surface area contributed by atoms with Crippen LogP contribution in [0.5, 0.6) is 0 Å². The lowest BCUT2D eigenvalue weighted by Gasteiger charge is -2.37. The Hall–Kier alpha value is -0.690. The molecule has 0 unspecified atom stereocenters. The first kappa shape index (κ1) is 14.7. The van der Waals surface area contributed by atoms with E-state index in [-0.39, 0.29) is 16.0 Å². The smallest absolute Gasteiger partial charge is 0.244 e. The Bertz CT molecular complexity index is 561. The molecular formula is C12H16ClFN2O2S. The first-order valence-corrected chi connectivity index (χ1v) is 7.96. The standard InChI is InChI=1S/C12H16ClFN2O2S/c1-2-5-16(10-7-15-8-10)19(17,18)12-4-3-9(14)6-11(12)13/h3-4,6,10,15H,2,5,7-8H2,1H3. The number of hydrogen-bond donors (Lipinski definition) is 1. The predicted octanol–water partition coefficient (Wildman–Crippen LogP) is 1.85. The van der Waals surface area contributed by atoms with Crippen molar-refractivity contribution in [3.05, 3.63) is 29.0 Å². The number of halogens is 2. The zero-order valence-corrected chi connectivity index (χ0v) is 12.1. The van der Waals surface area contributed by atoms with Crippen LogP contribution in [0.3, 0.4) is 0 Å². The summed E-state index contributed by atoms with van der Waals surface area (Å²) in [5.74, 6) is -0.545. The fourth-order valence-electron chi connectivity index (χ4n) is 2.01. The molecule has 0 saturated carbocycles. The molecule has 19 heavy (non-hydrogen) atoms. The highest BCUT2D eigenvalue weighted by Gasteiger charge is 2.35. The van der Waals surface area contributed by atoms with E-state index < -0.39 is 15.8 Å². The van der Waals surface area contributed by atoms with E-state index >= 15 is 0 Å². The van der Waals surface area contributed by atoms with Crippen molar-refractivity contribution in [2.24, 2.45) is 0 Å². The van der Waals surface area contributed by atoms with Crippen LogP contribution in [0, 0.1) is 5.82 Å². The van der Waals surface area contributed by atoms with Crippen LogP contribution >= 0.6 is 11.6 Å². The molecule has 1 aromatic rings. The molecule has 1 saturated heterocycles. The topological polar surface area (TPSA) is 49.4 Å². The Balaban J connectivity index is 2.38. The molecule has 1 fully saturated rings. The second-order valence-electron chi connectivity index (χ2n) is 4.50. The fraction of sp³-hybridized carbons (Fsp3) is 0.500. The Morgan fingerprint density at radius 3 is 2.63 bits per heavy atom. The maximum atomic E-state index is 13.0. The normalized spacial score (nSPS) is 16.6. The van der Waals surface area contributed by atoms with Crippen molar-refractivity contribution in [1.29, 1.82) is 0 Å². The van der Waals surface area contributed by atoms with Gasteiger partial charge in [-0.3, -0.25) is 0 Å². The van der Waals surface area contributed by atoms with Crippen LogP contribution in [0.25, 0.3) is 0 Å². The van der Waals surface area contributed by atoms with Gasteiger partial charge in [-0.2, -0.15) is 4.31 Å². The summed E-state index contributed by atoms with van der Waals surface area (Å²) in [7, 11) is -3.68. The highest BCUT2D eigenvalue weighted by molar-refractivity contribution is 7.89. The van der Waals surface area contributed by atoms with Crippen molar-refractivity contribution >= 4 is 21.6 Å². The lowest BCUT2D eigenvalue weighted by Crippen LogP contribution is -2.58. The van der Waals surface area contributed by atoms with Gasteiger partial charge in [0.2, 0.25) is 10.0 Å². The summed E-state index contributed by atoms with van der Waals surface area (Å²) in [5.41, 5.74) is 0. The monoisotopic (exact) mass is 306 g/mol. The summed E-state index contributed by atoms with van der Waals surface area (Å²) in [5, 5.41) is 2.97. The van der Waals surface area contributed by atoms with Crippen molar-refractivity contribution in [3.63, 3.8) is 0 Å². The van der Waals surface area contributed by atoms with E-state index in [1.165, 1.54) is 10.4 Å². The largest absolute Gasteiger partial charge is 0.313 e. The number of benzene rings is 1. The maximum absolute atomic E-state index is 13.0. The molecule has 1 N–H and O–H groups in total. The van der Waals surface area contributed by atoms with E-state index in [2.05, 4.69) is 5.32 Å². The van der Waals surface area contributed by atoms with Gasteiger partial charge in [-0.05, 0) is 24.6 Å². The highest BCUT2D eigenvalue weighted by Crippen LogP contribution is 2.27. The molecular weight excluding hydrogens is 291 g/mol. The van der Waals surface area contributed by atoms with E-state index in [1.54, 1.807) is 0 Å². The molecule has 2 rings (SSSR count). The molecule has 0 aromatic heterocycles. The summed E-state index contributed by atoms with van der Waals surface area (Å²) in [4.78, 5) is -0.0316. The van der Waals surface area contributed by atoms with Gasteiger partial charge >= 0.3 is 0 Å². The molecule has 0 radical (unpaired) electrons. The molecule has 1 aliphatic heterocycles. The van der Waals surface area contributed by atoms with E-state index in [4.69, 9.17) is 11.6 Å². The van der Waals surface area contributed by atoms with E-state index in [9.17, 15) is 12.8 Å². The molecule has 1 aromatic carbocycles. The van der Waals surface area contributed by atoms with Crippen LogP contribution in [-0.4, -0.2) is 38.4 Å². The Labute approximate surface area is 117 Å². The van der Waals surface area contributed by atoms with Gasteiger partial charge in [-0.15, -0.1) is 0 Å². The number of hydrogen-bond acceptors (Lipinski definition) is 3.